The summed E-state index contributed by atoms with van der Waals surface area (Å²) in [7, 11) is 2.17. The topological polar surface area (TPSA) is 41.0 Å². The van der Waals surface area contributed by atoms with Crippen molar-refractivity contribution in [2.75, 3.05) is 32.0 Å². The lowest BCUT2D eigenvalue weighted by molar-refractivity contribution is 0.399. The molecule has 1 fully saturated rings. The minimum Gasteiger partial charge on any atom is -0.360 e. The summed E-state index contributed by atoms with van der Waals surface area (Å²) in [4.78, 5) is 6.45. The highest BCUT2D eigenvalue weighted by molar-refractivity contribution is 7.09. The zero-order valence-corrected chi connectivity index (χ0v) is 8.55. The van der Waals surface area contributed by atoms with Gasteiger partial charge in [-0.05, 0) is 25.9 Å². The van der Waals surface area contributed by atoms with Gasteiger partial charge in [-0.3, -0.25) is 0 Å². The van der Waals surface area contributed by atoms with Crippen LogP contribution in [0.5, 0.6) is 0 Å². The first-order valence-electron chi connectivity index (χ1n) is 4.53. The van der Waals surface area contributed by atoms with Gasteiger partial charge in [-0.25, -0.2) is 4.98 Å². The second-order valence-electron chi connectivity index (χ2n) is 3.54. The van der Waals surface area contributed by atoms with E-state index in [0.29, 0.717) is 0 Å². The molecule has 0 aromatic carbocycles. The Morgan fingerprint density at radius 3 is 3.31 bits per heavy atom. The van der Waals surface area contributed by atoms with Crippen molar-refractivity contribution in [1.29, 1.82) is 0 Å². The molecule has 0 saturated carbocycles. The summed E-state index contributed by atoms with van der Waals surface area (Å²) >= 11 is 1.42. The number of nitrogens with one attached hydrogen (secondary N) is 1. The van der Waals surface area contributed by atoms with E-state index in [1.807, 2.05) is 0 Å². The minimum absolute atomic E-state index is 0.772. The van der Waals surface area contributed by atoms with E-state index in [9.17, 15) is 0 Å². The van der Waals surface area contributed by atoms with Crippen molar-refractivity contribution in [1.82, 2.24) is 14.3 Å². The number of nitrogens with zero attached hydrogens (tertiary/aromatic N) is 3. The molecule has 1 aromatic rings. The average Bonchev–Trinajstić information content (AvgIpc) is 2.71. The van der Waals surface area contributed by atoms with Crippen molar-refractivity contribution >= 4 is 16.7 Å². The molecule has 2 rings (SSSR count). The summed E-state index contributed by atoms with van der Waals surface area (Å²) in [5, 5.41) is 4.24. The van der Waals surface area contributed by atoms with Crippen LogP contribution >= 0.6 is 11.5 Å². The average molecular weight is 198 g/mol. The molecule has 72 valence electrons. The van der Waals surface area contributed by atoms with Gasteiger partial charge in [-0.2, -0.15) is 4.37 Å². The highest BCUT2D eigenvalue weighted by Gasteiger charge is 2.18. The molecule has 4 nitrogen and oxygen atoms in total. The van der Waals surface area contributed by atoms with Crippen LogP contribution in [0.4, 0.5) is 5.13 Å². The molecule has 1 N–H and O–H groups in total. The normalized spacial score (nSPS) is 23.6. The predicted molar refractivity (Wildman–Crippen MR) is 54.0 cm³/mol. The van der Waals surface area contributed by atoms with Crippen LogP contribution in [0.25, 0.3) is 0 Å². The molecule has 0 amide bonds. The first-order chi connectivity index (χ1) is 6.34. The maximum absolute atomic E-state index is 4.08. The third-order valence-corrected chi connectivity index (χ3v) is 3.01. The van der Waals surface area contributed by atoms with Crippen LogP contribution in [0.15, 0.2) is 6.33 Å². The van der Waals surface area contributed by atoms with Gasteiger partial charge in [0, 0.05) is 24.6 Å². The van der Waals surface area contributed by atoms with Gasteiger partial charge in [0.25, 0.3) is 0 Å². The largest absolute Gasteiger partial charge is 0.360 e. The van der Waals surface area contributed by atoms with Crippen molar-refractivity contribution in [3.63, 3.8) is 0 Å². The van der Waals surface area contributed by atoms with E-state index in [2.05, 4.69) is 26.6 Å². The first kappa shape index (κ1) is 8.90. The molecule has 5 heteroatoms. The van der Waals surface area contributed by atoms with Gasteiger partial charge in [0.05, 0.1) is 0 Å². The van der Waals surface area contributed by atoms with E-state index in [1.54, 1.807) is 6.33 Å². The third kappa shape index (κ3) is 2.38. The van der Waals surface area contributed by atoms with Crippen molar-refractivity contribution < 1.29 is 0 Å². The summed E-state index contributed by atoms with van der Waals surface area (Å²) in [5.74, 6) is 0.772. The standard InChI is InChI=1S/C8H14N4S/c1-12-3-2-7(5-12)4-9-8-10-6-11-13-8/h6-7H,2-5H2,1H3,(H,9,10,11). The van der Waals surface area contributed by atoms with Crippen LogP contribution in [0.2, 0.25) is 0 Å². The molecule has 2 heterocycles. The molecule has 1 unspecified atom stereocenters. The van der Waals surface area contributed by atoms with E-state index in [1.165, 1.54) is 31.0 Å². The highest BCUT2D eigenvalue weighted by Crippen LogP contribution is 2.15. The number of hydrogen-bond acceptors (Lipinski definition) is 5. The number of likely N-dealkylation sites (tertiary alicyclic amines) is 1. The molecular formula is C8H14N4S. The lowest BCUT2D eigenvalue weighted by atomic mass is 10.1. The predicted octanol–water partition coefficient (Wildman–Crippen LogP) is 0.902. The maximum Gasteiger partial charge on any atom is 0.202 e. The SMILES string of the molecule is CN1CCC(CNc2ncns2)C1. The van der Waals surface area contributed by atoms with Crippen LogP contribution in [0, 0.1) is 5.92 Å². The Hall–Kier alpha value is -0.680. The molecule has 1 aromatic heterocycles. The number of rotatable bonds is 3. The Bertz CT molecular complexity index is 249. The van der Waals surface area contributed by atoms with Crippen molar-refractivity contribution in [3.05, 3.63) is 6.33 Å². The second kappa shape index (κ2) is 4.02. The van der Waals surface area contributed by atoms with Crippen LogP contribution in [0.1, 0.15) is 6.42 Å². The Morgan fingerprint density at radius 1 is 1.77 bits per heavy atom. The molecule has 1 aliphatic heterocycles. The molecule has 0 radical (unpaired) electrons. The van der Waals surface area contributed by atoms with Crippen molar-refractivity contribution in [2.45, 2.75) is 6.42 Å². The fraction of sp³-hybridized carbons (Fsp3) is 0.750. The van der Waals surface area contributed by atoms with Crippen LogP contribution in [-0.4, -0.2) is 40.9 Å². The molecule has 1 saturated heterocycles. The molecule has 0 bridgehead atoms. The van der Waals surface area contributed by atoms with Crippen molar-refractivity contribution in [2.24, 2.45) is 5.92 Å². The Morgan fingerprint density at radius 2 is 2.69 bits per heavy atom. The van der Waals surface area contributed by atoms with E-state index in [4.69, 9.17) is 0 Å². The zero-order chi connectivity index (χ0) is 9.10. The van der Waals surface area contributed by atoms with Gasteiger partial charge >= 0.3 is 0 Å². The summed E-state index contributed by atoms with van der Waals surface area (Å²) in [6.07, 6.45) is 2.88. The zero-order valence-electron chi connectivity index (χ0n) is 7.73. The highest BCUT2D eigenvalue weighted by atomic mass is 32.1. The fourth-order valence-electron chi connectivity index (χ4n) is 1.68. The van der Waals surface area contributed by atoms with Crippen LogP contribution in [-0.2, 0) is 0 Å². The lowest BCUT2D eigenvalue weighted by Crippen LogP contribution is -2.18. The smallest absolute Gasteiger partial charge is 0.202 e. The second-order valence-corrected chi connectivity index (χ2v) is 4.32. The number of anilines is 1. The molecule has 1 aliphatic rings. The van der Waals surface area contributed by atoms with E-state index in [-0.39, 0.29) is 0 Å². The number of hydrogen-bond donors (Lipinski definition) is 1. The fourth-order valence-corrected chi connectivity index (χ4v) is 2.11. The summed E-state index contributed by atoms with van der Waals surface area (Å²) in [6.45, 7) is 3.45. The molecule has 1 atom stereocenters. The summed E-state index contributed by atoms with van der Waals surface area (Å²) < 4.78 is 3.94. The summed E-state index contributed by atoms with van der Waals surface area (Å²) in [6, 6.07) is 0. The third-order valence-electron chi connectivity index (χ3n) is 2.39. The van der Waals surface area contributed by atoms with Crippen molar-refractivity contribution in [3.8, 4) is 0 Å². The molecule has 13 heavy (non-hydrogen) atoms. The van der Waals surface area contributed by atoms with Gasteiger partial charge in [0.2, 0.25) is 5.13 Å². The quantitative estimate of drug-likeness (QED) is 0.783. The van der Waals surface area contributed by atoms with Crippen LogP contribution < -0.4 is 5.32 Å². The maximum atomic E-state index is 4.08. The summed E-state index contributed by atoms with van der Waals surface area (Å²) in [5.41, 5.74) is 0. The van der Waals surface area contributed by atoms with Gasteiger partial charge in [-0.1, -0.05) is 0 Å². The number of aromatic nitrogens is 2. The van der Waals surface area contributed by atoms with Gasteiger partial charge in [-0.15, -0.1) is 0 Å². The lowest BCUT2D eigenvalue weighted by Gasteiger charge is -2.10. The first-order valence-corrected chi connectivity index (χ1v) is 5.31. The molecular weight excluding hydrogens is 184 g/mol. The van der Waals surface area contributed by atoms with Gasteiger partial charge in [0.15, 0.2) is 0 Å². The van der Waals surface area contributed by atoms with E-state index in [0.717, 1.165) is 17.6 Å². The van der Waals surface area contributed by atoms with Gasteiger partial charge < -0.3 is 10.2 Å². The molecule has 0 spiro atoms. The van der Waals surface area contributed by atoms with Crippen LogP contribution in [0.3, 0.4) is 0 Å². The minimum atomic E-state index is 0.772. The monoisotopic (exact) mass is 198 g/mol. The van der Waals surface area contributed by atoms with E-state index < -0.39 is 0 Å². The Balaban J connectivity index is 1.74. The molecule has 0 aliphatic carbocycles. The van der Waals surface area contributed by atoms with E-state index >= 15 is 0 Å². The van der Waals surface area contributed by atoms with Gasteiger partial charge in [0.1, 0.15) is 6.33 Å². The Labute approximate surface area is 82.1 Å². The Kier molecular flexibility index (Phi) is 2.75.